The van der Waals surface area contributed by atoms with Gasteiger partial charge in [0.1, 0.15) is 5.82 Å². The monoisotopic (exact) mass is 266 g/mol. The van der Waals surface area contributed by atoms with Gasteiger partial charge in [0.25, 0.3) is 5.91 Å². The minimum atomic E-state index is 0.0626. The van der Waals surface area contributed by atoms with E-state index < -0.39 is 0 Å². The number of pyridine rings is 1. The number of nitrogen functional groups attached to an aromatic ring is 1. The second-order valence-electron chi connectivity index (χ2n) is 4.23. The predicted octanol–water partition coefficient (Wildman–Crippen LogP) is 1.33. The molecule has 0 spiro atoms. The first-order chi connectivity index (χ1) is 8.74. The van der Waals surface area contributed by atoms with E-state index in [2.05, 4.69) is 17.3 Å². The molecule has 98 valence electrons. The molecule has 3 N–H and O–H groups in total. The first kappa shape index (κ1) is 13.2. The SMILES string of the molecule is CCC1CN(C(=O)c2ccnc(NN)c2)CCS1. The van der Waals surface area contributed by atoms with E-state index in [-0.39, 0.29) is 5.91 Å². The molecule has 18 heavy (non-hydrogen) atoms. The maximum atomic E-state index is 12.3. The highest BCUT2D eigenvalue weighted by atomic mass is 32.2. The van der Waals surface area contributed by atoms with E-state index in [0.29, 0.717) is 16.6 Å². The molecule has 0 aliphatic carbocycles. The summed E-state index contributed by atoms with van der Waals surface area (Å²) in [5.74, 6) is 6.89. The van der Waals surface area contributed by atoms with E-state index in [0.717, 1.165) is 25.3 Å². The van der Waals surface area contributed by atoms with Crippen LogP contribution in [0.25, 0.3) is 0 Å². The second kappa shape index (κ2) is 6.06. The Labute approximate surface area is 111 Å². The summed E-state index contributed by atoms with van der Waals surface area (Å²) in [4.78, 5) is 18.3. The van der Waals surface area contributed by atoms with Crippen LogP contribution in [0.3, 0.4) is 0 Å². The van der Waals surface area contributed by atoms with Crippen molar-refractivity contribution in [2.24, 2.45) is 5.84 Å². The number of aromatic nitrogens is 1. The van der Waals surface area contributed by atoms with Crippen LogP contribution in [0.15, 0.2) is 18.3 Å². The Balaban J connectivity index is 2.10. The summed E-state index contributed by atoms with van der Waals surface area (Å²) in [6, 6.07) is 3.41. The number of nitrogens with one attached hydrogen (secondary N) is 1. The van der Waals surface area contributed by atoms with Gasteiger partial charge in [0.2, 0.25) is 0 Å². The topological polar surface area (TPSA) is 71.2 Å². The van der Waals surface area contributed by atoms with Crippen molar-refractivity contribution in [3.05, 3.63) is 23.9 Å². The van der Waals surface area contributed by atoms with Gasteiger partial charge in [0, 0.05) is 35.9 Å². The molecule has 0 bridgehead atoms. The number of amides is 1. The molecule has 1 saturated heterocycles. The van der Waals surface area contributed by atoms with Gasteiger partial charge in [0.05, 0.1) is 0 Å². The highest BCUT2D eigenvalue weighted by Gasteiger charge is 2.23. The average molecular weight is 266 g/mol. The predicted molar refractivity (Wildman–Crippen MR) is 74.5 cm³/mol. The van der Waals surface area contributed by atoms with Crippen LogP contribution in [0, 0.1) is 0 Å². The number of hydrazine groups is 1. The summed E-state index contributed by atoms with van der Waals surface area (Å²) in [5, 5.41) is 0.552. The lowest BCUT2D eigenvalue weighted by atomic mass is 10.2. The summed E-state index contributed by atoms with van der Waals surface area (Å²) < 4.78 is 0. The normalized spacial score (nSPS) is 19.7. The van der Waals surface area contributed by atoms with Crippen LogP contribution in [-0.4, -0.2) is 39.9 Å². The standard InChI is InChI=1S/C12H18N4OS/c1-2-10-8-16(5-6-18-10)12(17)9-3-4-14-11(7-9)15-13/h3-4,7,10H,2,5-6,8,13H2,1H3,(H,14,15). The molecule has 1 atom stereocenters. The zero-order valence-electron chi connectivity index (χ0n) is 10.4. The summed E-state index contributed by atoms with van der Waals surface area (Å²) in [6.45, 7) is 3.80. The van der Waals surface area contributed by atoms with Crippen LogP contribution in [0.5, 0.6) is 0 Å². The molecule has 1 aromatic rings. The van der Waals surface area contributed by atoms with Crippen molar-refractivity contribution < 1.29 is 4.79 Å². The van der Waals surface area contributed by atoms with E-state index in [4.69, 9.17) is 5.84 Å². The number of nitrogens with two attached hydrogens (primary N) is 1. The van der Waals surface area contributed by atoms with Crippen molar-refractivity contribution in [1.82, 2.24) is 9.88 Å². The van der Waals surface area contributed by atoms with Gasteiger partial charge >= 0.3 is 0 Å². The van der Waals surface area contributed by atoms with E-state index in [1.54, 1.807) is 18.3 Å². The minimum absolute atomic E-state index is 0.0626. The Morgan fingerprint density at radius 2 is 2.56 bits per heavy atom. The van der Waals surface area contributed by atoms with Crippen LogP contribution in [0.1, 0.15) is 23.7 Å². The molecule has 2 rings (SSSR count). The molecular formula is C12H18N4OS. The van der Waals surface area contributed by atoms with Gasteiger partial charge < -0.3 is 10.3 Å². The maximum absolute atomic E-state index is 12.3. The lowest BCUT2D eigenvalue weighted by molar-refractivity contribution is 0.0761. The van der Waals surface area contributed by atoms with Crippen LogP contribution < -0.4 is 11.3 Å². The van der Waals surface area contributed by atoms with Crippen LogP contribution in [-0.2, 0) is 0 Å². The minimum Gasteiger partial charge on any atom is -0.337 e. The highest BCUT2D eigenvalue weighted by molar-refractivity contribution is 8.00. The van der Waals surface area contributed by atoms with Crippen molar-refractivity contribution in [3.8, 4) is 0 Å². The third-order valence-corrected chi connectivity index (χ3v) is 4.41. The molecule has 5 nitrogen and oxygen atoms in total. The third-order valence-electron chi connectivity index (χ3n) is 3.04. The van der Waals surface area contributed by atoms with Crippen molar-refractivity contribution in [3.63, 3.8) is 0 Å². The Kier molecular flexibility index (Phi) is 4.43. The van der Waals surface area contributed by atoms with E-state index in [1.807, 2.05) is 16.7 Å². The molecule has 6 heteroatoms. The molecular weight excluding hydrogens is 248 g/mol. The van der Waals surface area contributed by atoms with Crippen LogP contribution in [0.4, 0.5) is 5.82 Å². The van der Waals surface area contributed by atoms with Gasteiger partial charge in [0.15, 0.2) is 0 Å². The number of hydrogen-bond donors (Lipinski definition) is 2. The number of thioether (sulfide) groups is 1. The van der Waals surface area contributed by atoms with Crippen LogP contribution in [0.2, 0.25) is 0 Å². The van der Waals surface area contributed by atoms with Crippen LogP contribution >= 0.6 is 11.8 Å². The smallest absolute Gasteiger partial charge is 0.254 e. The molecule has 0 radical (unpaired) electrons. The molecule has 1 unspecified atom stereocenters. The van der Waals surface area contributed by atoms with Gasteiger partial charge in [-0.25, -0.2) is 10.8 Å². The number of nitrogens with zero attached hydrogens (tertiary/aromatic N) is 2. The zero-order chi connectivity index (χ0) is 13.0. The molecule has 0 aromatic carbocycles. The molecule has 1 fully saturated rings. The lowest BCUT2D eigenvalue weighted by Crippen LogP contribution is -2.41. The first-order valence-corrected chi connectivity index (χ1v) is 7.13. The van der Waals surface area contributed by atoms with Gasteiger partial charge in [-0.2, -0.15) is 11.8 Å². The fraction of sp³-hybridized carbons (Fsp3) is 0.500. The van der Waals surface area contributed by atoms with Crippen molar-refractivity contribution >= 4 is 23.5 Å². The maximum Gasteiger partial charge on any atom is 0.254 e. The fourth-order valence-electron chi connectivity index (χ4n) is 1.98. The quantitative estimate of drug-likeness (QED) is 0.638. The average Bonchev–Trinajstić information content (AvgIpc) is 2.46. The van der Waals surface area contributed by atoms with E-state index >= 15 is 0 Å². The summed E-state index contributed by atoms with van der Waals surface area (Å²) in [6.07, 6.45) is 2.69. The molecule has 0 saturated carbocycles. The molecule has 1 aliphatic rings. The molecule has 2 heterocycles. The third kappa shape index (κ3) is 2.94. The summed E-state index contributed by atoms with van der Waals surface area (Å²) in [7, 11) is 0. The van der Waals surface area contributed by atoms with Gasteiger partial charge in [-0.05, 0) is 18.6 Å². The van der Waals surface area contributed by atoms with Crippen molar-refractivity contribution in [2.45, 2.75) is 18.6 Å². The lowest BCUT2D eigenvalue weighted by Gasteiger charge is -2.32. The van der Waals surface area contributed by atoms with E-state index in [1.165, 1.54) is 0 Å². The number of carbonyl (C=O) groups is 1. The first-order valence-electron chi connectivity index (χ1n) is 6.08. The molecule has 1 aromatic heterocycles. The summed E-state index contributed by atoms with van der Waals surface area (Å²) >= 11 is 1.95. The number of carbonyl (C=O) groups excluding carboxylic acids is 1. The summed E-state index contributed by atoms with van der Waals surface area (Å²) in [5.41, 5.74) is 3.10. The Morgan fingerprint density at radius 3 is 3.28 bits per heavy atom. The van der Waals surface area contributed by atoms with Crippen molar-refractivity contribution in [2.75, 3.05) is 24.3 Å². The zero-order valence-corrected chi connectivity index (χ0v) is 11.2. The van der Waals surface area contributed by atoms with Gasteiger partial charge in [-0.3, -0.25) is 4.79 Å². The largest absolute Gasteiger partial charge is 0.337 e. The fourth-order valence-corrected chi connectivity index (χ4v) is 3.16. The Bertz CT molecular complexity index is 426. The second-order valence-corrected chi connectivity index (χ2v) is 5.63. The van der Waals surface area contributed by atoms with Gasteiger partial charge in [-0.1, -0.05) is 6.92 Å². The van der Waals surface area contributed by atoms with Gasteiger partial charge in [-0.15, -0.1) is 0 Å². The van der Waals surface area contributed by atoms with Crippen molar-refractivity contribution in [1.29, 1.82) is 0 Å². The number of anilines is 1. The number of hydrogen-bond acceptors (Lipinski definition) is 5. The Hall–Kier alpha value is -1.27. The molecule has 1 amide bonds. The number of rotatable bonds is 3. The molecule has 1 aliphatic heterocycles. The highest BCUT2D eigenvalue weighted by Crippen LogP contribution is 2.22. The Morgan fingerprint density at radius 1 is 1.72 bits per heavy atom. The van der Waals surface area contributed by atoms with E-state index in [9.17, 15) is 4.79 Å².